The SMILES string of the molecule is CC(C)CCC(C)NC(=O)CCn1ccccc1=O. The first-order chi connectivity index (χ1) is 8.99. The Hall–Kier alpha value is -1.58. The van der Waals surface area contributed by atoms with Crippen LogP contribution in [0.25, 0.3) is 0 Å². The molecule has 1 amide bonds. The van der Waals surface area contributed by atoms with Crippen molar-refractivity contribution >= 4 is 5.91 Å². The second-order valence-corrected chi connectivity index (χ2v) is 5.42. The molecule has 0 bridgehead atoms. The zero-order valence-electron chi connectivity index (χ0n) is 12.1. The maximum atomic E-state index is 11.8. The fourth-order valence-electron chi connectivity index (χ4n) is 1.87. The van der Waals surface area contributed by atoms with E-state index in [4.69, 9.17) is 0 Å². The van der Waals surface area contributed by atoms with Crippen LogP contribution >= 0.6 is 0 Å². The summed E-state index contributed by atoms with van der Waals surface area (Å²) in [6.07, 6.45) is 4.15. The van der Waals surface area contributed by atoms with Gasteiger partial charge in [-0.15, -0.1) is 0 Å². The Morgan fingerprint density at radius 2 is 2.00 bits per heavy atom. The van der Waals surface area contributed by atoms with Crippen LogP contribution in [0.15, 0.2) is 29.2 Å². The van der Waals surface area contributed by atoms with Gasteiger partial charge in [-0.25, -0.2) is 0 Å². The number of hydrogen-bond donors (Lipinski definition) is 1. The lowest BCUT2D eigenvalue weighted by Crippen LogP contribution is -2.34. The van der Waals surface area contributed by atoms with Gasteiger partial charge >= 0.3 is 0 Å². The van der Waals surface area contributed by atoms with Crippen LogP contribution in [0.1, 0.15) is 40.0 Å². The molecule has 106 valence electrons. The highest BCUT2D eigenvalue weighted by molar-refractivity contribution is 5.76. The third kappa shape index (κ3) is 6.22. The van der Waals surface area contributed by atoms with E-state index in [-0.39, 0.29) is 17.5 Å². The van der Waals surface area contributed by atoms with Gasteiger partial charge in [-0.1, -0.05) is 19.9 Å². The van der Waals surface area contributed by atoms with Crippen molar-refractivity contribution in [3.8, 4) is 0 Å². The third-order valence-electron chi connectivity index (χ3n) is 3.06. The van der Waals surface area contributed by atoms with Crippen molar-refractivity contribution in [1.29, 1.82) is 0 Å². The summed E-state index contributed by atoms with van der Waals surface area (Å²) in [4.78, 5) is 23.2. The highest BCUT2D eigenvalue weighted by atomic mass is 16.2. The monoisotopic (exact) mass is 264 g/mol. The van der Waals surface area contributed by atoms with Gasteiger partial charge in [-0.05, 0) is 31.7 Å². The summed E-state index contributed by atoms with van der Waals surface area (Å²) in [5.41, 5.74) is -0.0665. The largest absolute Gasteiger partial charge is 0.354 e. The van der Waals surface area contributed by atoms with Crippen molar-refractivity contribution in [2.45, 2.75) is 52.6 Å². The van der Waals surface area contributed by atoms with E-state index in [1.807, 2.05) is 6.92 Å². The Kier molecular flexibility index (Phi) is 6.33. The van der Waals surface area contributed by atoms with Crippen molar-refractivity contribution in [1.82, 2.24) is 9.88 Å². The van der Waals surface area contributed by atoms with E-state index in [1.54, 1.807) is 22.9 Å². The molecule has 1 aromatic heterocycles. The fourth-order valence-corrected chi connectivity index (χ4v) is 1.87. The van der Waals surface area contributed by atoms with E-state index in [1.165, 1.54) is 6.07 Å². The smallest absolute Gasteiger partial charge is 0.250 e. The molecule has 0 spiro atoms. The summed E-state index contributed by atoms with van der Waals surface area (Å²) in [6, 6.07) is 5.20. The van der Waals surface area contributed by atoms with E-state index in [0.717, 1.165) is 12.8 Å². The average Bonchev–Trinajstić information content (AvgIpc) is 2.35. The molecule has 0 saturated carbocycles. The summed E-state index contributed by atoms with van der Waals surface area (Å²) in [6.45, 7) is 6.81. The minimum absolute atomic E-state index is 0.00649. The molecule has 0 aliphatic rings. The van der Waals surface area contributed by atoms with Gasteiger partial charge < -0.3 is 9.88 Å². The first-order valence-corrected chi connectivity index (χ1v) is 6.94. The summed E-state index contributed by atoms with van der Waals surface area (Å²) in [5, 5.41) is 2.97. The fraction of sp³-hybridized carbons (Fsp3) is 0.600. The minimum Gasteiger partial charge on any atom is -0.354 e. The highest BCUT2D eigenvalue weighted by Gasteiger charge is 2.08. The summed E-state index contributed by atoms with van der Waals surface area (Å²) < 4.78 is 1.55. The summed E-state index contributed by atoms with van der Waals surface area (Å²) in [5.74, 6) is 0.661. The topological polar surface area (TPSA) is 51.1 Å². The van der Waals surface area contributed by atoms with Crippen molar-refractivity contribution in [2.75, 3.05) is 0 Å². The summed E-state index contributed by atoms with van der Waals surface area (Å²) >= 11 is 0. The molecule has 0 aliphatic heterocycles. The van der Waals surface area contributed by atoms with Gasteiger partial charge in [0.15, 0.2) is 0 Å². The van der Waals surface area contributed by atoms with E-state index >= 15 is 0 Å². The molecule has 1 heterocycles. The lowest BCUT2D eigenvalue weighted by molar-refractivity contribution is -0.122. The number of aryl methyl sites for hydroxylation is 1. The molecular weight excluding hydrogens is 240 g/mol. The molecule has 1 atom stereocenters. The molecule has 0 fully saturated rings. The molecular formula is C15H24N2O2. The Labute approximate surface area is 114 Å². The standard InChI is InChI=1S/C15H24N2O2/c1-12(2)7-8-13(3)16-14(18)9-11-17-10-5-4-6-15(17)19/h4-6,10,12-13H,7-9,11H2,1-3H3,(H,16,18). The average molecular weight is 264 g/mol. The lowest BCUT2D eigenvalue weighted by atomic mass is 10.0. The van der Waals surface area contributed by atoms with Crippen molar-refractivity contribution in [2.24, 2.45) is 5.92 Å². The number of hydrogen-bond acceptors (Lipinski definition) is 2. The maximum Gasteiger partial charge on any atom is 0.250 e. The molecule has 4 heteroatoms. The van der Waals surface area contributed by atoms with E-state index in [9.17, 15) is 9.59 Å². The first kappa shape index (κ1) is 15.5. The van der Waals surface area contributed by atoms with Gasteiger partial charge in [0.1, 0.15) is 0 Å². The number of aromatic nitrogens is 1. The highest BCUT2D eigenvalue weighted by Crippen LogP contribution is 2.06. The molecule has 1 N–H and O–H groups in total. The zero-order valence-corrected chi connectivity index (χ0v) is 12.1. The van der Waals surface area contributed by atoms with Crippen LogP contribution in [0.4, 0.5) is 0 Å². The Bertz CT molecular complexity index is 451. The van der Waals surface area contributed by atoms with Gasteiger partial charge in [-0.3, -0.25) is 9.59 Å². The Morgan fingerprint density at radius 1 is 1.26 bits per heavy atom. The summed E-state index contributed by atoms with van der Waals surface area (Å²) in [7, 11) is 0. The number of rotatable bonds is 7. The maximum absolute atomic E-state index is 11.8. The van der Waals surface area contributed by atoms with Gasteiger partial charge in [0, 0.05) is 31.3 Å². The van der Waals surface area contributed by atoms with Gasteiger partial charge in [0.2, 0.25) is 5.91 Å². The Morgan fingerprint density at radius 3 is 2.63 bits per heavy atom. The van der Waals surface area contributed by atoms with Crippen LogP contribution in [-0.2, 0) is 11.3 Å². The van der Waals surface area contributed by atoms with Crippen molar-refractivity contribution < 1.29 is 4.79 Å². The molecule has 4 nitrogen and oxygen atoms in total. The predicted octanol–water partition coefficient (Wildman–Crippen LogP) is 2.18. The molecule has 0 saturated heterocycles. The number of nitrogens with zero attached hydrogens (tertiary/aromatic N) is 1. The molecule has 1 rings (SSSR count). The molecule has 1 unspecified atom stereocenters. The van der Waals surface area contributed by atoms with Crippen LogP contribution in [0.5, 0.6) is 0 Å². The Balaban J connectivity index is 2.32. The first-order valence-electron chi connectivity index (χ1n) is 6.94. The lowest BCUT2D eigenvalue weighted by Gasteiger charge is -2.15. The van der Waals surface area contributed by atoms with Gasteiger partial charge in [0.05, 0.1) is 0 Å². The molecule has 0 radical (unpaired) electrons. The molecule has 19 heavy (non-hydrogen) atoms. The van der Waals surface area contributed by atoms with Crippen LogP contribution in [0, 0.1) is 5.92 Å². The third-order valence-corrected chi connectivity index (χ3v) is 3.06. The normalized spacial score (nSPS) is 12.4. The van der Waals surface area contributed by atoms with Crippen LogP contribution < -0.4 is 10.9 Å². The number of carbonyl (C=O) groups excluding carboxylic acids is 1. The second-order valence-electron chi connectivity index (χ2n) is 5.42. The molecule has 0 aromatic carbocycles. The van der Waals surface area contributed by atoms with E-state index in [2.05, 4.69) is 19.2 Å². The number of carbonyl (C=O) groups is 1. The van der Waals surface area contributed by atoms with Crippen LogP contribution in [0.3, 0.4) is 0 Å². The van der Waals surface area contributed by atoms with E-state index in [0.29, 0.717) is 18.9 Å². The number of nitrogens with one attached hydrogen (secondary N) is 1. The number of pyridine rings is 1. The quantitative estimate of drug-likeness (QED) is 0.820. The second kappa shape index (κ2) is 7.77. The predicted molar refractivity (Wildman–Crippen MR) is 77.0 cm³/mol. The minimum atomic E-state index is -0.0665. The molecule has 1 aromatic rings. The number of amides is 1. The molecule has 0 aliphatic carbocycles. The van der Waals surface area contributed by atoms with E-state index < -0.39 is 0 Å². The van der Waals surface area contributed by atoms with Crippen LogP contribution in [0.2, 0.25) is 0 Å². The van der Waals surface area contributed by atoms with Crippen molar-refractivity contribution in [3.05, 3.63) is 34.7 Å². The van der Waals surface area contributed by atoms with Gasteiger partial charge in [0.25, 0.3) is 5.56 Å². The van der Waals surface area contributed by atoms with Crippen LogP contribution in [-0.4, -0.2) is 16.5 Å². The zero-order chi connectivity index (χ0) is 14.3. The van der Waals surface area contributed by atoms with Gasteiger partial charge in [-0.2, -0.15) is 0 Å². The van der Waals surface area contributed by atoms with Crippen molar-refractivity contribution in [3.63, 3.8) is 0 Å².